The van der Waals surface area contributed by atoms with E-state index in [0.29, 0.717) is 6.04 Å². The molecule has 0 amide bonds. The Hall–Kier alpha value is -1.49. The van der Waals surface area contributed by atoms with Crippen LogP contribution in [0.3, 0.4) is 0 Å². The topological polar surface area (TPSA) is 31.7 Å². The van der Waals surface area contributed by atoms with E-state index >= 15 is 0 Å². The zero-order chi connectivity index (χ0) is 14.6. The molecule has 1 saturated heterocycles. The van der Waals surface area contributed by atoms with Gasteiger partial charge < -0.3 is 9.80 Å². The lowest BCUT2D eigenvalue weighted by Gasteiger charge is -2.31. The second kappa shape index (κ2) is 4.77. The molecule has 0 N–H and O–H groups in total. The lowest BCUT2D eigenvalue weighted by atomic mass is 10.0. The first kappa shape index (κ1) is 13.2. The Labute approximate surface area is 129 Å². The number of likely N-dealkylation sites (N-methyl/N-ethyl adjacent to an activating group) is 1. The molecule has 4 rings (SSSR count). The summed E-state index contributed by atoms with van der Waals surface area (Å²) in [5.41, 5.74) is 3.81. The van der Waals surface area contributed by atoms with Crippen LogP contribution in [0, 0.1) is 13.8 Å². The summed E-state index contributed by atoms with van der Waals surface area (Å²) in [6.45, 7) is 6.54. The molecular weight excluding hydrogens is 280 g/mol. The zero-order valence-electron chi connectivity index (χ0n) is 12.8. The molecule has 0 saturated carbocycles. The standard InChI is InChI=1S/C16H20N4S/c1-10-8-11(2)18-16-12(10)13-14(21-16)15(17-9-19(13)3)20-6-4-5-7-20/h8-9,13H,4-7H2,1-3H3. The van der Waals surface area contributed by atoms with Gasteiger partial charge in [0.25, 0.3) is 0 Å². The van der Waals surface area contributed by atoms with Gasteiger partial charge in [0, 0.05) is 31.4 Å². The second-order valence-corrected chi connectivity index (χ2v) is 7.13. The molecule has 1 fully saturated rings. The van der Waals surface area contributed by atoms with Crippen LogP contribution < -0.4 is 0 Å². The van der Waals surface area contributed by atoms with Gasteiger partial charge in [-0.15, -0.1) is 0 Å². The van der Waals surface area contributed by atoms with Gasteiger partial charge in [0.2, 0.25) is 0 Å². The number of hydrogen-bond donors (Lipinski definition) is 0. The zero-order valence-corrected chi connectivity index (χ0v) is 13.6. The molecule has 1 unspecified atom stereocenters. The number of likely N-dealkylation sites (tertiary alicyclic amines) is 1. The maximum atomic E-state index is 4.76. The summed E-state index contributed by atoms with van der Waals surface area (Å²) >= 11 is 1.82. The Bertz CT molecular complexity index is 658. The number of rotatable bonds is 1. The summed E-state index contributed by atoms with van der Waals surface area (Å²) in [4.78, 5) is 15.5. The van der Waals surface area contributed by atoms with E-state index in [1.807, 2.05) is 18.1 Å². The van der Waals surface area contributed by atoms with Crippen molar-refractivity contribution in [1.29, 1.82) is 0 Å². The summed E-state index contributed by atoms with van der Waals surface area (Å²) < 4.78 is 0. The van der Waals surface area contributed by atoms with Crippen LogP contribution in [-0.4, -0.2) is 41.3 Å². The van der Waals surface area contributed by atoms with Gasteiger partial charge in [-0.3, -0.25) is 0 Å². The van der Waals surface area contributed by atoms with Crippen molar-refractivity contribution in [1.82, 2.24) is 14.8 Å². The van der Waals surface area contributed by atoms with Crippen LogP contribution in [0.1, 0.15) is 35.7 Å². The third-order valence-corrected chi connectivity index (χ3v) is 5.61. The fourth-order valence-electron chi connectivity index (χ4n) is 3.51. The molecule has 0 radical (unpaired) electrons. The molecule has 0 aromatic carbocycles. The Morgan fingerprint density at radius 2 is 2.00 bits per heavy atom. The predicted molar refractivity (Wildman–Crippen MR) is 86.4 cm³/mol. The molecular formula is C16H20N4S. The number of pyridine rings is 1. The van der Waals surface area contributed by atoms with Crippen LogP contribution in [0.25, 0.3) is 0 Å². The lowest BCUT2D eigenvalue weighted by Crippen LogP contribution is -2.30. The molecule has 4 nitrogen and oxygen atoms in total. The molecule has 5 heteroatoms. The fourth-order valence-corrected chi connectivity index (χ4v) is 4.96. The Balaban J connectivity index is 1.85. The lowest BCUT2D eigenvalue weighted by molar-refractivity contribution is 0.376. The van der Waals surface area contributed by atoms with Crippen LogP contribution in [0.2, 0.25) is 0 Å². The Kier molecular flexibility index (Phi) is 2.99. The van der Waals surface area contributed by atoms with E-state index in [1.165, 1.54) is 39.7 Å². The smallest absolute Gasteiger partial charge is 0.142 e. The molecule has 0 bridgehead atoms. The van der Waals surface area contributed by atoms with E-state index in [-0.39, 0.29) is 0 Å². The SMILES string of the molecule is Cc1cc(C)c2c(n1)SC1=C(N3CCCC3)N=CN(C)C12. The van der Waals surface area contributed by atoms with Crippen molar-refractivity contribution < 1.29 is 0 Å². The van der Waals surface area contributed by atoms with Gasteiger partial charge in [0.05, 0.1) is 17.3 Å². The van der Waals surface area contributed by atoms with E-state index in [1.54, 1.807) is 0 Å². The normalized spacial score (nSPS) is 23.9. The van der Waals surface area contributed by atoms with Gasteiger partial charge in [-0.25, -0.2) is 9.98 Å². The van der Waals surface area contributed by atoms with Gasteiger partial charge in [0.15, 0.2) is 0 Å². The summed E-state index contributed by atoms with van der Waals surface area (Å²) in [5, 5.41) is 1.17. The minimum Gasteiger partial charge on any atom is -0.356 e. The molecule has 1 atom stereocenters. The van der Waals surface area contributed by atoms with Gasteiger partial charge >= 0.3 is 0 Å². The Morgan fingerprint density at radius 1 is 1.24 bits per heavy atom. The van der Waals surface area contributed by atoms with Gasteiger partial charge in [-0.05, 0) is 38.3 Å². The largest absolute Gasteiger partial charge is 0.356 e. The van der Waals surface area contributed by atoms with Gasteiger partial charge in [-0.2, -0.15) is 0 Å². The number of nitrogens with zero attached hydrogens (tertiary/aromatic N) is 4. The van der Waals surface area contributed by atoms with Crippen molar-refractivity contribution in [3.63, 3.8) is 0 Å². The number of hydrogen-bond acceptors (Lipinski definition) is 5. The van der Waals surface area contributed by atoms with E-state index in [4.69, 9.17) is 9.98 Å². The van der Waals surface area contributed by atoms with Crippen molar-refractivity contribution in [2.45, 2.75) is 37.8 Å². The summed E-state index contributed by atoms with van der Waals surface area (Å²) in [7, 11) is 2.11. The third-order valence-electron chi connectivity index (χ3n) is 4.48. The number of aryl methyl sites for hydroxylation is 2. The molecule has 21 heavy (non-hydrogen) atoms. The highest BCUT2D eigenvalue weighted by Gasteiger charge is 2.39. The van der Waals surface area contributed by atoms with E-state index in [0.717, 1.165) is 18.8 Å². The van der Waals surface area contributed by atoms with Crippen molar-refractivity contribution in [2.75, 3.05) is 20.1 Å². The molecule has 3 aliphatic heterocycles. The summed E-state index contributed by atoms with van der Waals surface area (Å²) in [6, 6.07) is 2.49. The molecule has 1 aromatic heterocycles. The van der Waals surface area contributed by atoms with Crippen molar-refractivity contribution >= 4 is 18.1 Å². The van der Waals surface area contributed by atoms with Crippen LogP contribution in [0.5, 0.6) is 0 Å². The molecule has 0 aliphatic carbocycles. The van der Waals surface area contributed by atoms with E-state index < -0.39 is 0 Å². The first-order valence-corrected chi connectivity index (χ1v) is 8.38. The molecule has 1 aromatic rings. The first-order chi connectivity index (χ1) is 10.1. The van der Waals surface area contributed by atoms with Crippen molar-refractivity contribution in [2.24, 2.45) is 4.99 Å². The second-order valence-electron chi connectivity index (χ2n) is 6.10. The number of aromatic nitrogens is 1. The van der Waals surface area contributed by atoms with E-state index in [9.17, 15) is 0 Å². The van der Waals surface area contributed by atoms with Gasteiger partial charge in [-0.1, -0.05) is 11.8 Å². The number of aliphatic imine (C=N–C) groups is 1. The average Bonchev–Trinajstić information content (AvgIpc) is 3.05. The molecule has 4 heterocycles. The molecule has 3 aliphatic rings. The maximum Gasteiger partial charge on any atom is 0.142 e. The maximum absolute atomic E-state index is 4.76. The Morgan fingerprint density at radius 3 is 2.76 bits per heavy atom. The minimum atomic E-state index is 0.297. The van der Waals surface area contributed by atoms with Crippen LogP contribution >= 0.6 is 11.8 Å². The number of fused-ring (bicyclic) bond motifs is 3. The summed E-state index contributed by atoms with van der Waals surface area (Å²) in [5.74, 6) is 1.18. The average molecular weight is 300 g/mol. The predicted octanol–water partition coefficient (Wildman–Crippen LogP) is 3.08. The quantitative estimate of drug-likeness (QED) is 0.798. The minimum absolute atomic E-state index is 0.297. The molecule has 110 valence electrons. The first-order valence-electron chi connectivity index (χ1n) is 7.56. The van der Waals surface area contributed by atoms with Crippen LogP contribution in [0.4, 0.5) is 0 Å². The van der Waals surface area contributed by atoms with Crippen LogP contribution in [-0.2, 0) is 0 Å². The molecule has 0 spiro atoms. The fraction of sp³-hybridized carbons (Fsp3) is 0.500. The number of thioether (sulfide) groups is 1. The van der Waals surface area contributed by atoms with Gasteiger partial charge in [0.1, 0.15) is 10.8 Å². The highest BCUT2D eigenvalue weighted by Crippen LogP contribution is 2.53. The third kappa shape index (κ3) is 1.98. The monoisotopic (exact) mass is 300 g/mol. The van der Waals surface area contributed by atoms with Crippen LogP contribution in [0.15, 0.2) is 26.8 Å². The van der Waals surface area contributed by atoms with Crippen molar-refractivity contribution in [3.05, 3.63) is 33.6 Å². The highest BCUT2D eigenvalue weighted by atomic mass is 32.2. The van der Waals surface area contributed by atoms with Crippen molar-refractivity contribution in [3.8, 4) is 0 Å². The van der Waals surface area contributed by atoms with E-state index in [2.05, 4.69) is 36.8 Å². The highest BCUT2D eigenvalue weighted by molar-refractivity contribution is 8.03. The summed E-state index contributed by atoms with van der Waals surface area (Å²) in [6.07, 6.45) is 4.54.